The first-order chi connectivity index (χ1) is 6.77. The molecule has 76 valence electrons. The van der Waals surface area contributed by atoms with Crippen LogP contribution in [0.15, 0.2) is 17.4 Å². The predicted octanol–water partition coefficient (Wildman–Crippen LogP) is 3.65. The van der Waals surface area contributed by atoms with Gasteiger partial charge in [0.25, 0.3) is 0 Å². The third kappa shape index (κ3) is 3.59. The van der Waals surface area contributed by atoms with Gasteiger partial charge in [-0.15, -0.1) is 0 Å². The Morgan fingerprint density at radius 2 is 2.43 bits per heavy atom. The van der Waals surface area contributed by atoms with E-state index in [4.69, 9.17) is 11.6 Å². The number of rotatable bonds is 4. The number of nitrogens with zero attached hydrogens (tertiary/aromatic N) is 2. The Hall–Kier alpha value is -0.0600. The number of hydrogen-bond acceptors (Lipinski definition) is 3. The highest BCUT2D eigenvalue weighted by atomic mass is 79.9. The molecule has 2 nitrogen and oxygen atoms in total. The van der Waals surface area contributed by atoms with E-state index in [1.54, 1.807) is 6.20 Å². The number of allylic oxidation sites excluding steroid dienone is 1. The fourth-order valence-corrected chi connectivity index (χ4v) is 1.69. The molecule has 0 saturated heterocycles. The summed E-state index contributed by atoms with van der Waals surface area (Å²) in [6.45, 7) is 0. The van der Waals surface area contributed by atoms with Crippen molar-refractivity contribution in [3.8, 4) is 0 Å². The molecule has 1 rings (SSSR count). The molecule has 0 saturated carbocycles. The van der Waals surface area contributed by atoms with Gasteiger partial charge >= 0.3 is 0 Å². The molecular formula is C9H10BrClN2S. The van der Waals surface area contributed by atoms with Crippen molar-refractivity contribution >= 4 is 45.4 Å². The molecule has 1 aromatic rings. The molecule has 0 N–H and O–H groups in total. The maximum absolute atomic E-state index is 5.96. The molecule has 5 heteroatoms. The molecule has 0 unspecified atom stereocenters. The maximum Gasteiger partial charge on any atom is 0.188 e. The minimum absolute atomic E-state index is 0.509. The number of aromatic nitrogens is 2. The van der Waals surface area contributed by atoms with Crippen LogP contribution in [0.2, 0.25) is 5.15 Å². The fraction of sp³-hybridized carbons (Fsp3) is 0.333. The Kier molecular flexibility index (Phi) is 5.52. The van der Waals surface area contributed by atoms with Crippen molar-refractivity contribution in [2.24, 2.45) is 0 Å². The molecule has 0 aliphatic heterocycles. The number of hydrogen-bond donors (Lipinski definition) is 0. The van der Waals surface area contributed by atoms with E-state index in [1.807, 2.05) is 18.4 Å². The average Bonchev–Trinajstić information content (AvgIpc) is 2.20. The standard InChI is InChI=1S/C9H10BrClN2S/c1-14-9-12-6-7(8(11)13-9)4-2-3-5-10/h2,4,6H,3,5H2,1H3. The van der Waals surface area contributed by atoms with Crippen LogP contribution < -0.4 is 0 Å². The molecule has 1 aromatic heterocycles. The van der Waals surface area contributed by atoms with E-state index in [1.165, 1.54) is 11.8 Å². The van der Waals surface area contributed by atoms with E-state index in [-0.39, 0.29) is 0 Å². The van der Waals surface area contributed by atoms with Crippen LogP contribution in [0.3, 0.4) is 0 Å². The fourth-order valence-electron chi connectivity index (χ4n) is 0.839. The van der Waals surface area contributed by atoms with Crippen LogP contribution in [0.1, 0.15) is 12.0 Å². The van der Waals surface area contributed by atoms with Gasteiger partial charge in [-0.1, -0.05) is 51.4 Å². The molecule has 14 heavy (non-hydrogen) atoms. The van der Waals surface area contributed by atoms with Crippen molar-refractivity contribution in [1.29, 1.82) is 0 Å². The van der Waals surface area contributed by atoms with Crippen molar-refractivity contribution in [3.63, 3.8) is 0 Å². The van der Waals surface area contributed by atoms with Crippen LogP contribution in [0.5, 0.6) is 0 Å². The van der Waals surface area contributed by atoms with Gasteiger partial charge in [0, 0.05) is 17.1 Å². The molecule has 0 fully saturated rings. The first-order valence-electron chi connectivity index (χ1n) is 4.07. The van der Waals surface area contributed by atoms with Gasteiger partial charge in [-0.2, -0.15) is 0 Å². The Morgan fingerprint density at radius 3 is 3.00 bits per heavy atom. The van der Waals surface area contributed by atoms with Gasteiger partial charge in [0.2, 0.25) is 0 Å². The first-order valence-corrected chi connectivity index (χ1v) is 6.79. The molecule has 0 amide bonds. The highest BCUT2D eigenvalue weighted by Crippen LogP contribution is 2.17. The van der Waals surface area contributed by atoms with Gasteiger partial charge in [0.1, 0.15) is 5.15 Å². The van der Waals surface area contributed by atoms with E-state index in [0.29, 0.717) is 10.3 Å². The van der Waals surface area contributed by atoms with Crippen molar-refractivity contribution in [3.05, 3.63) is 23.0 Å². The summed E-state index contributed by atoms with van der Waals surface area (Å²) in [5.74, 6) is 0. The van der Waals surface area contributed by atoms with Gasteiger partial charge in [-0.3, -0.25) is 0 Å². The van der Waals surface area contributed by atoms with Crippen molar-refractivity contribution in [1.82, 2.24) is 9.97 Å². The van der Waals surface area contributed by atoms with Crippen LogP contribution in [0.25, 0.3) is 6.08 Å². The van der Waals surface area contributed by atoms with Crippen molar-refractivity contribution in [2.75, 3.05) is 11.6 Å². The van der Waals surface area contributed by atoms with E-state index in [9.17, 15) is 0 Å². The van der Waals surface area contributed by atoms with Crippen LogP contribution >= 0.6 is 39.3 Å². The summed E-state index contributed by atoms with van der Waals surface area (Å²) in [7, 11) is 0. The second-order valence-electron chi connectivity index (χ2n) is 2.48. The molecule has 0 atom stereocenters. The molecule has 0 spiro atoms. The lowest BCUT2D eigenvalue weighted by atomic mass is 10.3. The summed E-state index contributed by atoms with van der Waals surface area (Å²) in [5.41, 5.74) is 0.866. The normalized spacial score (nSPS) is 11.1. The Bertz CT molecular complexity index is 331. The van der Waals surface area contributed by atoms with Crippen LogP contribution in [-0.2, 0) is 0 Å². The zero-order chi connectivity index (χ0) is 10.4. The van der Waals surface area contributed by atoms with E-state index < -0.39 is 0 Å². The average molecular weight is 294 g/mol. The molecular weight excluding hydrogens is 284 g/mol. The van der Waals surface area contributed by atoms with Gasteiger partial charge in [-0.05, 0) is 12.7 Å². The molecule has 0 aliphatic carbocycles. The SMILES string of the molecule is CSc1ncc(C=CCCBr)c(Cl)n1. The Labute approximate surface area is 101 Å². The van der Waals surface area contributed by atoms with Crippen LogP contribution in [0, 0.1) is 0 Å². The second kappa shape index (κ2) is 6.43. The zero-order valence-electron chi connectivity index (χ0n) is 7.70. The first kappa shape index (κ1) is 12.0. The lowest BCUT2D eigenvalue weighted by Gasteiger charge is -1.98. The molecule has 1 heterocycles. The largest absolute Gasteiger partial charge is 0.230 e. The second-order valence-corrected chi connectivity index (χ2v) is 4.41. The number of halogens is 2. The topological polar surface area (TPSA) is 25.8 Å². The van der Waals surface area contributed by atoms with Crippen LogP contribution in [0.4, 0.5) is 0 Å². The van der Waals surface area contributed by atoms with Gasteiger partial charge in [-0.25, -0.2) is 9.97 Å². The van der Waals surface area contributed by atoms with Gasteiger partial charge in [0.05, 0.1) is 0 Å². The maximum atomic E-state index is 5.96. The summed E-state index contributed by atoms with van der Waals surface area (Å²) < 4.78 is 0. The summed E-state index contributed by atoms with van der Waals surface area (Å²) in [4.78, 5) is 8.27. The monoisotopic (exact) mass is 292 g/mol. The minimum atomic E-state index is 0.509. The minimum Gasteiger partial charge on any atom is -0.230 e. The van der Waals surface area contributed by atoms with Gasteiger partial charge < -0.3 is 0 Å². The summed E-state index contributed by atoms with van der Waals surface area (Å²) in [6.07, 6.45) is 8.62. The summed E-state index contributed by atoms with van der Waals surface area (Å²) in [5, 5.41) is 2.16. The zero-order valence-corrected chi connectivity index (χ0v) is 10.9. The number of alkyl halides is 1. The number of thioether (sulfide) groups is 1. The van der Waals surface area contributed by atoms with E-state index >= 15 is 0 Å². The lowest BCUT2D eigenvalue weighted by Crippen LogP contribution is -1.88. The predicted molar refractivity (Wildman–Crippen MR) is 66.3 cm³/mol. The molecule has 0 bridgehead atoms. The third-order valence-corrected chi connectivity index (χ3v) is 2.82. The highest BCUT2D eigenvalue weighted by molar-refractivity contribution is 9.09. The Balaban J connectivity index is 2.78. The van der Waals surface area contributed by atoms with Gasteiger partial charge in [0.15, 0.2) is 5.16 Å². The van der Waals surface area contributed by atoms with E-state index in [0.717, 1.165) is 17.3 Å². The lowest BCUT2D eigenvalue weighted by molar-refractivity contribution is 0.966. The van der Waals surface area contributed by atoms with E-state index in [2.05, 4.69) is 25.9 Å². The summed E-state index contributed by atoms with van der Waals surface area (Å²) >= 11 is 10.8. The highest BCUT2D eigenvalue weighted by Gasteiger charge is 2.00. The van der Waals surface area contributed by atoms with Crippen LogP contribution in [-0.4, -0.2) is 21.6 Å². The molecule has 0 aromatic carbocycles. The third-order valence-electron chi connectivity index (χ3n) is 1.50. The smallest absolute Gasteiger partial charge is 0.188 e. The quantitative estimate of drug-likeness (QED) is 0.367. The summed E-state index contributed by atoms with van der Waals surface area (Å²) in [6, 6.07) is 0. The van der Waals surface area contributed by atoms with Crippen molar-refractivity contribution < 1.29 is 0 Å². The Morgan fingerprint density at radius 1 is 1.64 bits per heavy atom. The molecule has 0 radical (unpaired) electrons. The van der Waals surface area contributed by atoms with Crippen molar-refractivity contribution in [2.45, 2.75) is 11.6 Å². The molecule has 0 aliphatic rings.